The number of anilines is 1. The third-order valence-corrected chi connectivity index (χ3v) is 4.39. The number of carbonyl (C=O) groups is 1. The molecule has 23 heavy (non-hydrogen) atoms. The van der Waals surface area contributed by atoms with E-state index in [0.717, 1.165) is 31.5 Å². The molecule has 3 rings (SSSR count). The van der Waals surface area contributed by atoms with Gasteiger partial charge in [-0.2, -0.15) is 0 Å². The van der Waals surface area contributed by atoms with Crippen molar-refractivity contribution in [1.82, 2.24) is 19.4 Å². The number of hydrogen-bond acceptors (Lipinski definition) is 4. The van der Waals surface area contributed by atoms with E-state index in [1.54, 1.807) is 13.1 Å². The molecule has 122 valence electrons. The van der Waals surface area contributed by atoms with Gasteiger partial charge in [0, 0.05) is 38.2 Å². The van der Waals surface area contributed by atoms with Crippen molar-refractivity contribution in [2.24, 2.45) is 7.05 Å². The van der Waals surface area contributed by atoms with Gasteiger partial charge in [-0.25, -0.2) is 9.97 Å². The lowest BCUT2D eigenvalue weighted by Crippen LogP contribution is -2.39. The SMILES string of the molecule is CNc1nc(C)cc(C(=O)N2CCCCC2c2cccn2C)n1. The number of hydrogen-bond donors (Lipinski definition) is 1. The molecular formula is C17H23N5O. The standard InChI is InChI=1S/C17H23N5O/c1-12-11-13(20-17(18-2)19-12)16(23)22-10-5-4-7-15(22)14-8-6-9-21(14)3/h6,8-9,11,15H,4-5,7,10H2,1-3H3,(H,18,19,20). The molecule has 0 radical (unpaired) electrons. The van der Waals surface area contributed by atoms with Gasteiger partial charge in [-0.15, -0.1) is 0 Å². The Morgan fingerprint density at radius 1 is 1.35 bits per heavy atom. The zero-order valence-electron chi connectivity index (χ0n) is 13.9. The number of piperidine rings is 1. The second kappa shape index (κ2) is 6.40. The summed E-state index contributed by atoms with van der Waals surface area (Å²) in [5.41, 5.74) is 2.43. The Morgan fingerprint density at radius 2 is 2.17 bits per heavy atom. The summed E-state index contributed by atoms with van der Waals surface area (Å²) in [6, 6.07) is 6.01. The molecule has 0 saturated carbocycles. The molecule has 2 aromatic heterocycles. The number of aromatic nitrogens is 3. The number of amides is 1. The Kier molecular flexibility index (Phi) is 4.32. The van der Waals surface area contributed by atoms with Gasteiger partial charge in [0.05, 0.1) is 6.04 Å². The predicted octanol–water partition coefficient (Wildman–Crippen LogP) is 2.53. The summed E-state index contributed by atoms with van der Waals surface area (Å²) < 4.78 is 2.10. The summed E-state index contributed by atoms with van der Waals surface area (Å²) in [6.07, 6.45) is 5.20. The second-order valence-corrected chi connectivity index (χ2v) is 6.02. The first kappa shape index (κ1) is 15.5. The maximum atomic E-state index is 13.0. The van der Waals surface area contributed by atoms with Crippen molar-refractivity contribution in [3.63, 3.8) is 0 Å². The van der Waals surface area contributed by atoms with Crippen LogP contribution in [0.15, 0.2) is 24.4 Å². The van der Waals surface area contributed by atoms with Crippen molar-refractivity contribution in [3.05, 3.63) is 41.5 Å². The van der Waals surface area contributed by atoms with Crippen molar-refractivity contribution < 1.29 is 4.79 Å². The Morgan fingerprint density at radius 3 is 2.87 bits per heavy atom. The highest BCUT2D eigenvalue weighted by Gasteiger charge is 2.30. The van der Waals surface area contributed by atoms with Crippen LogP contribution in [-0.4, -0.2) is 38.9 Å². The highest BCUT2D eigenvalue weighted by atomic mass is 16.2. The van der Waals surface area contributed by atoms with Gasteiger partial charge >= 0.3 is 0 Å². The first-order valence-electron chi connectivity index (χ1n) is 8.06. The van der Waals surface area contributed by atoms with Crippen LogP contribution in [0.4, 0.5) is 5.95 Å². The molecule has 0 aromatic carbocycles. The van der Waals surface area contributed by atoms with Crippen molar-refractivity contribution >= 4 is 11.9 Å². The van der Waals surface area contributed by atoms with Crippen LogP contribution in [0.2, 0.25) is 0 Å². The Hall–Kier alpha value is -2.37. The zero-order valence-corrected chi connectivity index (χ0v) is 13.9. The Labute approximate surface area is 136 Å². The maximum Gasteiger partial charge on any atom is 0.273 e. The monoisotopic (exact) mass is 313 g/mol. The lowest BCUT2D eigenvalue weighted by atomic mass is 9.98. The van der Waals surface area contributed by atoms with E-state index in [1.165, 1.54) is 5.69 Å². The van der Waals surface area contributed by atoms with Crippen molar-refractivity contribution in [2.45, 2.75) is 32.2 Å². The average molecular weight is 313 g/mol. The van der Waals surface area contributed by atoms with Crippen LogP contribution in [0, 0.1) is 6.92 Å². The summed E-state index contributed by atoms with van der Waals surface area (Å²) in [7, 11) is 3.79. The van der Waals surface area contributed by atoms with Crippen molar-refractivity contribution in [1.29, 1.82) is 0 Å². The topological polar surface area (TPSA) is 63.1 Å². The normalized spacial score (nSPS) is 18.0. The van der Waals surface area contributed by atoms with E-state index in [1.807, 2.05) is 31.1 Å². The summed E-state index contributed by atoms with van der Waals surface area (Å²) in [5, 5.41) is 2.92. The molecule has 0 aliphatic carbocycles. The predicted molar refractivity (Wildman–Crippen MR) is 89.4 cm³/mol. The zero-order chi connectivity index (χ0) is 16.4. The van der Waals surface area contributed by atoms with E-state index in [4.69, 9.17) is 0 Å². The lowest BCUT2D eigenvalue weighted by molar-refractivity contribution is 0.0596. The molecule has 6 nitrogen and oxygen atoms in total. The quantitative estimate of drug-likeness (QED) is 0.946. The van der Waals surface area contributed by atoms with Gasteiger partial charge in [0.2, 0.25) is 5.95 Å². The molecule has 1 fully saturated rings. The van der Waals surface area contributed by atoms with Gasteiger partial charge in [0.25, 0.3) is 5.91 Å². The van der Waals surface area contributed by atoms with Gasteiger partial charge in [0.15, 0.2) is 0 Å². The summed E-state index contributed by atoms with van der Waals surface area (Å²) >= 11 is 0. The molecule has 1 aliphatic rings. The molecule has 1 aliphatic heterocycles. The smallest absolute Gasteiger partial charge is 0.273 e. The third kappa shape index (κ3) is 3.06. The minimum Gasteiger partial charge on any atom is -0.357 e. The number of nitrogens with zero attached hydrogens (tertiary/aromatic N) is 4. The van der Waals surface area contributed by atoms with E-state index in [0.29, 0.717) is 11.6 Å². The molecule has 6 heteroatoms. The van der Waals surface area contributed by atoms with E-state index < -0.39 is 0 Å². The fraction of sp³-hybridized carbons (Fsp3) is 0.471. The first-order chi connectivity index (χ1) is 11.1. The molecule has 2 aromatic rings. The Balaban J connectivity index is 1.93. The van der Waals surface area contributed by atoms with Crippen molar-refractivity contribution in [3.8, 4) is 0 Å². The van der Waals surface area contributed by atoms with Gasteiger partial charge in [0.1, 0.15) is 5.69 Å². The van der Waals surface area contributed by atoms with Crippen LogP contribution in [-0.2, 0) is 7.05 Å². The molecular weight excluding hydrogens is 290 g/mol. The molecule has 0 bridgehead atoms. The van der Waals surface area contributed by atoms with Crippen LogP contribution >= 0.6 is 0 Å². The van der Waals surface area contributed by atoms with Gasteiger partial charge in [-0.05, 0) is 44.4 Å². The summed E-state index contributed by atoms with van der Waals surface area (Å²) in [4.78, 5) is 23.6. The number of likely N-dealkylation sites (tertiary alicyclic amines) is 1. The summed E-state index contributed by atoms with van der Waals surface area (Å²) in [5.74, 6) is 0.471. The minimum atomic E-state index is -0.0158. The molecule has 1 atom stereocenters. The molecule has 1 N–H and O–H groups in total. The van der Waals surface area contributed by atoms with E-state index in [2.05, 4.69) is 25.9 Å². The van der Waals surface area contributed by atoms with Gasteiger partial charge in [-0.1, -0.05) is 0 Å². The van der Waals surface area contributed by atoms with E-state index in [9.17, 15) is 4.79 Å². The molecule has 1 amide bonds. The second-order valence-electron chi connectivity index (χ2n) is 6.02. The van der Waals surface area contributed by atoms with E-state index >= 15 is 0 Å². The fourth-order valence-corrected chi connectivity index (χ4v) is 3.24. The fourth-order valence-electron chi connectivity index (χ4n) is 3.24. The minimum absolute atomic E-state index is 0.0158. The Bertz CT molecular complexity index is 709. The van der Waals surface area contributed by atoms with Crippen molar-refractivity contribution in [2.75, 3.05) is 18.9 Å². The number of carbonyl (C=O) groups excluding carboxylic acids is 1. The largest absolute Gasteiger partial charge is 0.357 e. The van der Waals surface area contributed by atoms with Gasteiger partial charge in [-0.3, -0.25) is 4.79 Å². The highest BCUT2D eigenvalue weighted by Crippen LogP contribution is 2.32. The number of aryl methyl sites for hydroxylation is 2. The van der Waals surface area contributed by atoms with E-state index in [-0.39, 0.29) is 11.9 Å². The molecule has 0 spiro atoms. The molecule has 1 unspecified atom stereocenters. The van der Waals surface area contributed by atoms with Gasteiger partial charge < -0.3 is 14.8 Å². The first-order valence-corrected chi connectivity index (χ1v) is 8.06. The van der Waals surface area contributed by atoms with Crippen LogP contribution in [0.1, 0.15) is 47.2 Å². The summed E-state index contributed by atoms with van der Waals surface area (Å²) in [6.45, 7) is 2.65. The van der Waals surface area contributed by atoms with Crippen LogP contribution < -0.4 is 5.32 Å². The average Bonchev–Trinajstić information content (AvgIpc) is 2.99. The molecule has 3 heterocycles. The number of nitrogens with one attached hydrogen (secondary N) is 1. The maximum absolute atomic E-state index is 13.0. The van der Waals surface area contributed by atoms with Crippen LogP contribution in [0.25, 0.3) is 0 Å². The highest BCUT2D eigenvalue weighted by molar-refractivity contribution is 5.93. The lowest BCUT2D eigenvalue weighted by Gasteiger charge is -2.36. The molecule has 1 saturated heterocycles. The number of rotatable bonds is 3. The van der Waals surface area contributed by atoms with Crippen LogP contribution in [0.5, 0.6) is 0 Å². The third-order valence-electron chi connectivity index (χ3n) is 4.39. The van der Waals surface area contributed by atoms with Crippen LogP contribution in [0.3, 0.4) is 0 Å².